The van der Waals surface area contributed by atoms with Crippen LogP contribution in [0.15, 0.2) is 126 Å². The summed E-state index contributed by atoms with van der Waals surface area (Å²) in [6.07, 6.45) is -12.3. The first-order chi connectivity index (χ1) is 33.3. The van der Waals surface area contributed by atoms with E-state index in [1.807, 2.05) is 142 Å². The smallest absolute Gasteiger partial charge is 0.408 e. The Labute approximate surface area is 396 Å². The number of rotatable bonds is 20. The molecule has 0 aromatic heterocycles. The fourth-order valence-electron chi connectivity index (χ4n) is 9.27. The summed E-state index contributed by atoms with van der Waals surface area (Å²) < 4.78 is 72.0. The highest BCUT2D eigenvalue weighted by Gasteiger charge is 2.58. The van der Waals surface area contributed by atoms with Gasteiger partial charge >= 0.3 is 12.1 Å². The first kappa shape index (κ1) is 49.0. The lowest BCUT2D eigenvalue weighted by atomic mass is 9.92. The van der Waals surface area contributed by atoms with Gasteiger partial charge in [-0.05, 0) is 47.6 Å². The minimum Gasteiger partial charge on any atom is -0.467 e. The Morgan fingerprint density at radius 3 is 1.59 bits per heavy atom. The van der Waals surface area contributed by atoms with Crippen LogP contribution in [0.25, 0.3) is 10.4 Å². The molecule has 4 aliphatic rings. The van der Waals surface area contributed by atoms with Gasteiger partial charge in [0, 0.05) is 4.91 Å². The van der Waals surface area contributed by atoms with Crippen LogP contribution in [0.3, 0.4) is 0 Å². The Morgan fingerprint density at radius 2 is 1.09 bits per heavy atom. The monoisotopic (exact) mass is 936 g/mol. The van der Waals surface area contributed by atoms with Crippen LogP contribution in [0.1, 0.15) is 55.9 Å². The third-order valence-electron chi connectivity index (χ3n) is 12.7. The molecule has 0 radical (unpaired) electrons. The highest BCUT2D eigenvalue weighted by molar-refractivity contribution is 5.75. The number of fused-ring (bicyclic) bond motifs is 1. The molecular weight excluding hydrogens is 877 g/mol. The van der Waals surface area contributed by atoms with Crippen molar-refractivity contribution in [1.82, 2.24) is 5.32 Å². The van der Waals surface area contributed by atoms with Gasteiger partial charge in [0.2, 0.25) is 0 Å². The normalized spacial score (nSPS) is 32.2. The lowest BCUT2D eigenvalue weighted by Gasteiger charge is -2.50. The van der Waals surface area contributed by atoms with Crippen LogP contribution in [-0.4, -0.2) is 111 Å². The van der Waals surface area contributed by atoms with Crippen molar-refractivity contribution in [2.45, 2.75) is 152 Å². The Kier molecular flexibility index (Phi) is 17.1. The molecule has 8 unspecified atom stereocenters. The lowest BCUT2D eigenvalue weighted by molar-refractivity contribution is -0.365. The molecule has 68 heavy (non-hydrogen) atoms. The van der Waals surface area contributed by atoms with Crippen LogP contribution in [0.4, 0.5) is 4.79 Å². The standard InChI is InChI=1S/C51H60N4O13/c1-5-36-40(59-27-32-19-11-7-12-20-32)42(60-28-33-21-13-8-14-22-33)39(54-55-52)49(64-36)66-45-44(61-29-34-23-15-9-16-24-34)47(62-30-35-25-17-10-18-26-35)50(67-46(45)48(56)58-4)65-41-37(6-2)63-31(3)38-43(41)68-51(57)53-38/h7-26,31,36-47,49-50H,5-6,27-30H2,1-4H3,(H,53,57)/t31?,36?,37?,38?,39?,40-,41-,42+,43?,44-,45+,46?,47?,49-,50+/m0/s1. The molecule has 4 heterocycles. The molecule has 4 aromatic rings. The van der Waals surface area contributed by atoms with Crippen LogP contribution in [0.2, 0.25) is 0 Å². The van der Waals surface area contributed by atoms with Crippen LogP contribution >= 0.6 is 0 Å². The second-order valence-electron chi connectivity index (χ2n) is 17.2. The highest BCUT2D eigenvalue weighted by Crippen LogP contribution is 2.39. The summed E-state index contributed by atoms with van der Waals surface area (Å²) in [5.41, 5.74) is 13.7. The SMILES string of the molecule is CCC1OC(C)C2NC(=O)OC2[C@H]1O[C@@H]1OC(C(=O)OC)[C@H](O[C@@H]2OC(CC)[C@H](OCc3ccccc3)[C@H](OCc3ccccc3)C2N=[N+]=[N-])[C@H](OCc2ccccc2)C1OCc1ccccc1. The van der Waals surface area contributed by atoms with E-state index in [1.54, 1.807) is 0 Å². The fourth-order valence-corrected chi connectivity index (χ4v) is 9.27. The van der Waals surface area contributed by atoms with Gasteiger partial charge in [-0.2, -0.15) is 0 Å². The number of alkyl carbamates (subject to hydrolysis) is 1. The number of benzene rings is 4. The average Bonchev–Trinajstić information content (AvgIpc) is 3.78. The van der Waals surface area contributed by atoms with Crippen LogP contribution < -0.4 is 5.32 Å². The van der Waals surface area contributed by atoms with Gasteiger partial charge in [-0.1, -0.05) is 140 Å². The van der Waals surface area contributed by atoms with Gasteiger partial charge in [0.15, 0.2) is 24.8 Å². The Morgan fingerprint density at radius 1 is 0.618 bits per heavy atom. The van der Waals surface area contributed by atoms with E-state index in [0.29, 0.717) is 12.8 Å². The molecule has 4 aliphatic heterocycles. The van der Waals surface area contributed by atoms with E-state index in [9.17, 15) is 15.1 Å². The van der Waals surface area contributed by atoms with Crippen molar-refractivity contribution in [3.63, 3.8) is 0 Å². The Hall–Kier alpha value is -5.43. The summed E-state index contributed by atoms with van der Waals surface area (Å²) in [6, 6.07) is 36.7. The molecule has 4 fully saturated rings. The molecule has 0 spiro atoms. The van der Waals surface area contributed by atoms with Gasteiger partial charge in [0.1, 0.15) is 42.7 Å². The molecule has 0 bridgehead atoms. The van der Waals surface area contributed by atoms with E-state index >= 15 is 0 Å². The van der Waals surface area contributed by atoms with Crippen LogP contribution in [-0.2, 0) is 83.3 Å². The number of ether oxygens (including phenoxy) is 11. The number of carbonyl (C=O) groups is 2. The number of nitrogens with zero attached hydrogens (tertiary/aromatic N) is 3. The number of carbonyl (C=O) groups excluding carboxylic acids is 2. The molecule has 15 atom stereocenters. The summed E-state index contributed by atoms with van der Waals surface area (Å²) >= 11 is 0. The number of hydrogen-bond acceptors (Lipinski definition) is 14. The van der Waals surface area contributed by atoms with Gasteiger partial charge in [-0.25, -0.2) is 9.59 Å². The van der Waals surface area contributed by atoms with Gasteiger partial charge in [0.25, 0.3) is 0 Å². The first-order valence-electron chi connectivity index (χ1n) is 23.3. The minimum absolute atomic E-state index is 0.0478. The molecular formula is C51H60N4O13. The predicted molar refractivity (Wildman–Crippen MR) is 244 cm³/mol. The molecule has 4 saturated heterocycles. The number of amides is 1. The first-order valence-corrected chi connectivity index (χ1v) is 23.3. The number of esters is 1. The van der Waals surface area contributed by atoms with Crippen molar-refractivity contribution in [1.29, 1.82) is 0 Å². The molecule has 17 heteroatoms. The molecule has 362 valence electrons. The predicted octanol–water partition coefficient (Wildman–Crippen LogP) is 7.48. The quantitative estimate of drug-likeness (QED) is 0.0397. The minimum atomic E-state index is -1.53. The number of methoxy groups -OCH3 is 1. The third-order valence-corrected chi connectivity index (χ3v) is 12.7. The second kappa shape index (κ2) is 23.7. The van der Waals surface area contributed by atoms with Gasteiger partial charge in [-0.3, -0.25) is 0 Å². The number of nitrogens with one attached hydrogen (secondary N) is 1. The van der Waals surface area contributed by atoms with E-state index in [2.05, 4.69) is 15.3 Å². The zero-order chi connectivity index (χ0) is 47.4. The van der Waals surface area contributed by atoms with Crippen LogP contribution in [0.5, 0.6) is 0 Å². The molecule has 1 N–H and O–H groups in total. The zero-order valence-electron chi connectivity index (χ0n) is 38.6. The van der Waals surface area contributed by atoms with Crippen LogP contribution in [0, 0.1) is 0 Å². The topological polar surface area (TPSA) is 196 Å². The third kappa shape index (κ3) is 11.7. The van der Waals surface area contributed by atoms with Gasteiger partial charge in [0.05, 0.1) is 57.9 Å². The van der Waals surface area contributed by atoms with E-state index < -0.39 is 97.8 Å². The lowest BCUT2D eigenvalue weighted by Crippen LogP contribution is -2.67. The van der Waals surface area contributed by atoms with Crippen molar-refractivity contribution in [2.75, 3.05) is 7.11 Å². The summed E-state index contributed by atoms with van der Waals surface area (Å²) in [4.78, 5) is 30.2. The molecule has 0 aliphatic carbocycles. The molecule has 4 aromatic carbocycles. The van der Waals surface area contributed by atoms with E-state index in [0.717, 1.165) is 22.3 Å². The van der Waals surface area contributed by atoms with Gasteiger partial charge < -0.3 is 57.4 Å². The van der Waals surface area contributed by atoms with Crippen molar-refractivity contribution >= 4 is 12.1 Å². The largest absolute Gasteiger partial charge is 0.467 e. The number of hydrogen-bond donors (Lipinski definition) is 1. The zero-order valence-corrected chi connectivity index (χ0v) is 38.6. The molecule has 1 amide bonds. The molecule has 17 nitrogen and oxygen atoms in total. The maximum absolute atomic E-state index is 14.2. The Bertz CT molecular complexity index is 2240. The average molecular weight is 937 g/mol. The number of azide groups is 1. The summed E-state index contributed by atoms with van der Waals surface area (Å²) in [6.45, 7) is 6.26. The summed E-state index contributed by atoms with van der Waals surface area (Å²) in [5.74, 6) is -0.810. The summed E-state index contributed by atoms with van der Waals surface area (Å²) in [5, 5.41) is 7.12. The Balaban J connectivity index is 1.18. The maximum atomic E-state index is 14.2. The van der Waals surface area contributed by atoms with Crippen molar-refractivity contribution < 1.29 is 61.7 Å². The van der Waals surface area contributed by atoms with Crippen molar-refractivity contribution in [3.05, 3.63) is 154 Å². The highest BCUT2D eigenvalue weighted by atomic mass is 16.8. The fraction of sp³-hybridized carbons (Fsp3) is 0.490. The van der Waals surface area contributed by atoms with Crippen molar-refractivity contribution in [3.8, 4) is 0 Å². The summed E-state index contributed by atoms with van der Waals surface area (Å²) in [7, 11) is 1.24. The van der Waals surface area contributed by atoms with E-state index in [1.165, 1.54) is 7.11 Å². The maximum Gasteiger partial charge on any atom is 0.408 e. The van der Waals surface area contributed by atoms with Crippen molar-refractivity contribution in [2.24, 2.45) is 5.11 Å². The molecule has 8 rings (SSSR count). The second-order valence-corrected chi connectivity index (χ2v) is 17.2. The van der Waals surface area contributed by atoms with E-state index in [4.69, 9.17) is 52.1 Å². The van der Waals surface area contributed by atoms with E-state index in [-0.39, 0.29) is 32.5 Å². The molecule has 0 saturated carbocycles. The van der Waals surface area contributed by atoms with Gasteiger partial charge in [-0.15, -0.1) is 0 Å².